The Bertz CT molecular complexity index is 534. The van der Waals surface area contributed by atoms with E-state index in [2.05, 4.69) is 24.2 Å². The van der Waals surface area contributed by atoms with E-state index in [1.54, 1.807) is 13.3 Å². The van der Waals surface area contributed by atoms with Gasteiger partial charge in [0.25, 0.3) is 0 Å². The lowest BCUT2D eigenvalue weighted by molar-refractivity contribution is 0.408. The molecule has 19 heavy (non-hydrogen) atoms. The van der Waals surface area contributed by atoms with Crippen LogP contribution in [0.3, 0.4) is 0 Å². The molecule has 2 rings (SSSR count). The second-order valence-electron chi connectivity index (χ2n) is 4.81. The van der Waals surface area contributed by atoms with Gasteiger partial charge in [0, 0.05) is 12.7 Å². The van der Waals surface area contributed by atoms with E-state index in [0.29, 0.717) is 0 Å². The van der Waals surface area contributed by atoms with Gasteiger partial charge in [-0.05, 0) is 37.8 Å². The van der Waals surface area contributed by atoms with Crippen LogP contribution in [-0.2, 0) is 13.0 Å². The molecule has 4 nitrogen and oxygen atoms in total. The first-order valence-corrected chi connectivity index (χ1v) is 6.60. The molecule has 0 radical (unpaired) electrons. The fourth-order valence-corrected chi connectivity index (χ4v) is 2.19. The quantitative estimate of drug-likeness (QED) is 0.812. The number of aromatic nitrogens is 2. The fourth-order valence-electron chi connectivity index (χ4n) is 2.19. The largest absolute Gasteiger partial charge is 0.496 e. The molecule has 0 atom stereocenters. The van der Waals surface area contributed by atoms with E-state index in [0.717, 1.165) is 37.2 Å². The summed E-state index contributed by atoms with van der Waals surface area (Å²) in [6.45, 7) is 3.01. The molecule has 0 aliphatic heterocycles. The van der Waals surface area contributed by atoms with Crippen molar-refractivity contribution in [1.82, 2.24) is 9.78 Å². The first kappa shape index (κ1) is 13.5. The Kier molecular flexibility index (Phi) is 4.44. The maximum absolute atomic E-state index is 5.63. The van der Waals surface area contributed by atoms with Crippen molar-refractivity contribution in [2.75, 3.05) is 12.8 Å². The monoisotopic (exact) mass is 259 g/mol. The number of nitrogens with zero attached hydrogens (tertiary/aromatic N) is 2. The van der Waals surface area contributed by atoms with Crippen molar-refractivity contribution in [1.29, 1.82) is 0 Å². The zero-order valence-electron chi connectivity index (χ0n) is 11.6. The van der Waals surface area contributed by atoms with Gasteiger partial charge in [0.1, 0.15) is 5.75 Å². The number of hydrogen-bond acceptors (Lipinski definition) is 3. The molecule has 0 amide bonds. The molecule has 0 saturated carbocycles. The van der Waals surface area contributed by atoms with Gasteiger partial charge in [-0.2, -0.15) is 5.10 Å². The van der Waals surface area contributed by atoms with E-state index in [1.165, 1.54) is 11.1 Å². The lowest BCUT2D eigenvalue weighted by Gasteiger charge is -2.09. The minimum Gasteiger partial charge on any atom is -0.496 e. The number of anilines is 1. The molecule has 102 valence electrons. The number of nitrogen functional groups attached to an aromatic ring is 1. The maximum Gasteiger partial charge on any atom is 0.122 e. The summed E-state index contributed by atoms with van der Waals surface area (Å²) >= 11 is 0. The summed E-state index contributed by atoms with van der Waals surface area (Å²) in [7, 11) is 1.72. The van der Waals surface area contributed by atoms with Gasteiger partial charge >= 0.3 is 0 Å². The Morgan fingerprint density at radius 1 is 1.32 bits per heavy atom. The van der Waals surface area contributed by atoms with Crippen molar-refractivity contribution in [3.63, 3.8) is 0 Å². The van der Waals surface area contributed by atoms with Crippen LogP contribution in [-0.4, -0.2) is 16.9 Å². The highest BCUT2D eigenvalue weighted by molar-refractivity contribution is 5.36. The summed E-state index contributed by atoms with van der Waals surface area (Å²) < 4.78 is 7.28. The normalized spacial score (nSPS) is 10.6. The van der Waals surface area contributed by atoms with E-state index in [9.17, 15) is 0 Å². The Morgan fingerprint density at radius 2 is 2.16 bits per heavy atom. The highest BCUT2D eigenvalue weighted by Crippen LogP contribution is 2.21. The van der Waals surface area contributed by atoms with Crippen molar-refractivity contribution < 1.29 is 4.74 Å². The predicted molar refractivity (Wildman–Crippen MR) is 77.3 cm³/mol. The standard InChI is InChI=1S/C15H21N3O/c1-12-6-7-15(19-2)13(9-12)5-3-4-8-18-11-14(16)10-17-18/h6-7,9-11H,3-5,8,16H2,1-2H3. The highest BCUT2D eigenvalue weighted by Gasteiger charge is 2.03. The molecule has 1 aromatic heterocycles. The van der Waals surface area contributed by atoms with Crippen LogP contribution < -0.4 is 10.5 Å². The van der Waals surface area contributed by atoms with Crippen molar-refractivity contribution in [2.45, 2.75) is 32.7 Å². The lowest BCUT2D eigenvalue weighted by atomic mass is 10.0. The van der Waals surface area contributed by atoms with E-state index >= 15 is 0 Å². The Hall–Kier alpha value is -1.97. The minimum absolute atomic E-state index is 0.723. The molecule has 2 N–H and O–H groups in total. The van der Waals surface area contributed by atoms with Crippen molar-refractivity contribution in [2.24, 2.45) is 0 Å². The smallest absolute Gasteiger partial charge is 0.122 e. The average molecular weight is 259 g/mol. The topological polar surface area (TPSA) is 53.1 Å². The van der Waals surface area contributed by atoms with Crippen LogP contribution in [0.1, 0.15) is 24.0 Å². The molecule has 1 heterocycles. The van der Waals surface area contributed by atoms with E-state index in [4.69, 9.17) is 10.5 Å². The molecule has 1 aromatic carbocycles. The van der Waals surface area contributed by atoms with Gasteiger partial charge < -0.3 is 10.5 Å². The summed E-state index contributed by atoms with van der Waals surface area (Å²) in [4.78, 5) is 0. The summed E-state index contributed by atoms with van der Waals surface area (Å²) in [5.41, 5.74) is 8.90. The van der Waals surface area contributed by atoms with Gasteiger partial charge in [-0.3, -0.25) is 4.68 Å². The number of benzene rings is 1. The maximum atomic E-state index is 5.63. The molecule has 0 aliphatic carbocycles. The molecule has 0 saturated heterocycles. The summed E-state index contributed by atoms with van der Waals surface area (Å²) in [5, 5.41) is 4.18. The number of rotatable bonds is 6. The number of hydrogen-bond donors (Lipinski definition) is 1. The fraction of sp³-hybridized carbons (Fsp3) is 0.400. The zero-order chi connectivity index (χ0) is 13.7. The predicted octanol–water partition coefficient (Wildman–Crippen LogP) is 2.81. The molecule has 0 aliphatic rings. The van der Waals surface area contributed by atoms with E-state index < -0.39 is 0 Å². The molecule has 4 heteroatoms. The van der Waals surface area contributed by atoms with Gasteiger partial charge in [0.05, 0.1) is 19.0 Å². The van der Waals surface area contributed by atoms with Crippen molar-refractivity contribution in [3.05, 3.63) is 41.7 Å². The van der Waals surface area contributed by atoms with Crippen LogP contribution in [0, 0.1) is 6.92 Å². The van der Waals surface area contributed by atoms with E-state index in [1.807, 2.05) is 16.9 Å². The Labute approximate surface area is 114 Å². The van der Waals surface area contributed by atoms with Crippen LogP contribution in [0.5, 0.6) is 5.75 Å². The molecule has 0 fully saturated rings. The van der Waals surface area contributed by atoms with Crippen LogP contribution >= 0.6 is 0 Å². The second-order valence-corrected chi connectivity index (χ2v) is 4.81. The molecular formula is C15H21N3O. The van der Waals surface area contributed by atoms with Gasteiger partial charge in [-0.15, -0.1) is 0 Å². The third kappa shape index (κ3) is 3.74. The van der Waals surface area contributed by atoms with Crippen LogP contribution in [0.15, 0.2) is 30.6 Å². The molecular weight excluding hydrogens is 238 g/mol. The first-order valence-electron chi connectivity index (χ1n) is 6.60. The van der Waals surface area contributed by atoms with Crippen LogP contribution in [0.25, 0.3) is 0 Å². The van der Waals surface area contributed by atoms with Crippen LogP contribution in [0.2, 0.25) is 0 Å². The van der Waals surface area contributed by atoms with Gasteiger partial charge in [0.2, 0.25) is 0 Å². The molecule has 2 aromatic rings. The highest BCUT2D eigenvalue weighted by atomic mass is 16.5. The summed E-state index contributed by atoms with van der Waals surface area (Å²) in [6.07, 6.45) is 6.77. The molecule has 0 bridgehead atoms. The number of aryl methyl sites for hydroxylation is 3. The number of methoxy groups -OCH3 is 1. The number of nitrogens with two attached hydrogens (primary N) is 1. The summed E-state index contributed by atoms with van der Waals surface area (Å²) in [6, 6.07) is 6.32. The van der Waals surface area contributed by atoms with Crippen LogP contribution in [0.4, 0.5) is 5.69 Å². The van der Waals surface area contributed by atoms with Gasteiger partial charge in [0.15, 0.2) is 0 Å². The number of ether oxygens (including phenoxy) is 1. The SMILES string of the molecule is COc1ccc(C)cc1CCCCn1cc(N)cn1. The Balaban J connectivity index is 1.83. The van der Waals surface area contributed by atoms with Crippen molar-refractivity contribution in [3.8, 4) is 5.75 Å². The average Bonchev–Trinajstić information content (AvgIpc) is 2.81. The first-order chi connectivity index (χ1) is 9.19. The molecule has 0 spiro atoms. The van der Waals surface area contributed by atoms with Gasteiger partial charge in [-0.25, -0.2) is 0 Å². The second kappa shape index (κ2) is 6.27. The number of unbranched alkanes of at least 4 members (excludes halogenated alkanes) is 1. The van der Waals surface area contributed by atoms with E-state index in [-0.39, 0.29) is 0 Å². The lowest BCUT2D eigenvalue weighted by Crippen LogP contribution is -2.00. The molecule has 0 unspecified atom stereocenters. The summed E-state index contributed by atoms with van der Waals surface area (Å²) in [5.74, 6) is 0.980. The minimum atomic E-state index is 0.723. The van der Waals surface area contributed by atoms with Crippen molar-refractivity contribution >= 4 is 5.69 Å². The Morgan fingerprint density at radius 3 is 2.84 bits per heavy atom. The third-order valence-electron chi connectivity index (χ3n) is 3.17. The zero-order valence-corrected chi connectivity index (χ0v) is 11.6. The third-order valence-corrected chi connectivity index (χ3v) is 3.17. The van der Waals surface area contributed by atoms with Gasteiger partial charge in [-0.1, -0.05) is 17.7 Å².